The lowest BCUT2D eigenvalue weighted by atomic mass is 9.99. The Morgan fingerprint density at radius 3 is 2.10 bits per heavy atom. The summed E-state index contributed by atoms with van der Waals surface area (Å²) in [5.41, 5.74) is 9.17. The van der Waals surface area contributed by atoms with E-state index in [0.717, 1.165) is 0 Å². The van der Waals surface area contributed by atoms with Gasteiger partial charge in [-0.1, -0.05) is 29.3 Å². The monoisotopic (exact) mass is 276 g/mol. The third kappa shape index (κ3) is 2.33. The van der Waals surface area contributed by atoms with E-state index in [2.05, 4.69) is 81.8 Å². The molecule has 1 heteroatoms. The van der Waals surface area contributed by atoms with Crippen LogP contribution in [0.15, 0.2) is 42.5 Å². The Hall–Kier alpha value is -2.15. The molecule has 3 aromatic rings. The van der Waals surface area contributed by atoms with E-state index < -0.39 is 0 Å². The second kappa shape index (κ2) is 5.00. The average molecular weight is 276 g/mol. The number of aryl methyl sites for hydroxylation is 5. The molecule has 1 heterocycles. The van der Waals surface area contributed by atoms with Crippen LogP contribution in [0.1, 0.15) is 22.3 Å². The number of nitrogens with zero attached hydrogens (tertiary/aromatic N) is 1. The molecule has 0 unspecified atom stereocenters. The maximum atomic E-state index is 2.31. The topological polar surface area (TPSA) is 3.88 Å². The Bertz CT molecular complexity index is 824. The molecule has 0 N–H and O–H groups in total. The van der Waals surface area contributed by atoms with Gasteiger partial charge in [-0.05, 0) is 51.0 Å². The summed E-state index contributed by atoms with van der Waals surface area (Å²) in [5, 5.41) is 1.37. The quantitative estimate of drug-likeness (QED) is 0.573. The summed E-state index contributed by atoms with van der Waals surface area (Å²) in [6.07, 6.45) is 0. The second-order valence-electron chi connectivity index (χ2n) is 6.12. The Labute approximate surface area is 126 Å². The van der Waals surface area contributed by atoms with E-state index in [9.17, 15) is 0 Å². The molecule has 2 aromatic carbocycles. The van der Waals surface area contributed by atoms with Crippen molar-refractivity contribution < 1.29 is 4.57 Å². The first-order valence-electron chi connectivity index (χ1n) is 7.45. The molecule has 0 bridgehead atoms. The summed E-state index contributed by atoms with van der Waals surface area (Å²) in [5.74, 6) is 0. The van der Waals surface area contributed by atoms with Crippen molar-refractivity contribution in [3.05, 3.63) is 64.7 Å². The minimum Gasteiger partial charge on any atom is -0.194 e. The highest BCUT2D eigenvalue weighted by Gasteiger charge is 2.17. The van der Waals surface area contributed by atoms with E-state index in [1.54, 1.807) is 0 Å². The minimum absolute atomic E-state index is 1.28. The second-order valence-corrected chi connectivity index (χ2v) is 6.12. The van der Waals surface area contributed by atoms with Crippen molar-refractivity contribution in [3.8, 4) is 11.3 Å². The van der Waals surface area contributed by atoms with Crippen molar-refractivity contribution in [2.45, 2.75) is 27.7 Å². The Morgan fingerprint density at radius 2 is 1.43 bits per heavy atom. The third-order valence-electron chi connectivity index (χ3n) is 4.24. The van der Waals surface area contributed by atoms with Crippen molar-refractivity contribution in [1.29, 1.82) is 0 Å². The van der Waals surface area contributed by atoms with Gasteiger partial charge >= 0.3 is 0 Å². The van der Waals surface area contributed by atoms with Gasteiger partial charge in [-0.2, -0.15) is 4.57 Å². The minimum atomic E-state index is 1.28. The molecule has 0 atom stereocenters. The van der Waals surface area contributed by atoms with Gasteiger partial charge in [-0.15, -0.1) is 0 Å². The van der Waals surface area contributed by atoms with Crippen LogP contribution in [-0.4, -0.2) is 0 Å². The molecule has 0 radical (unpaired) electrons. The van der Waals surface area contributed by atoms with Crippen LogP contribution in [0.3, 0.4) is 0 Å². The molecule has 0 aliphatic heterocycles. The maximum absolute atomic E-state index is 2.31. The van der Waals surface area contributed by atoms with Crippen LogP contribution in [0, 0.1) is 27.7 Å². The van der Waals surface area contributed by atoms with Crippen LogP contribution in [0.2, 0.25) is 0 Å². The fourth-order valence-corrected chi connectivity index (χ4v) is 3.35. The lowest BCUT2D eigenvalue weighted by Gasteiger charge is -2.09. The van der Waals surface area contributed by atoms with Crippen LogP contribution < -0.4 is 4.57 Å². The number of hydrogen-bond acceptors (Lipinski definition) is 0. The Morgan fingerprint density at radius 1 is 0.762 bits per heavy atom. The number of pyridine rings is 1. The third-order valence-corrected chi connectivity index (χ3v) is 4.24. The molecular weight excluding hydrogens is 254 g/mol. The number of fused-ring (bicyclic) bond motifs is 1. The number of benzene rings is 2. The van der Waals surface area contributed by atoms with E-state index in [1.165, 1.54) is 44.4 Å². The zero-order valence-corrected chi connectivity index (χ0v) is 13.5. The van der Waals surface area contributed by atoms with Crippen LogP contribution >= 0.6 is 0 Å². The highest BCUT2D eigenvalue weighted by atomic mass is 14.9. The van der Waals surface area contributed by atoms with Gasteiger partial charge in [0.2, 0.25) is 11.2 Å². The van der Waals surface area contributed by atoms with Crippen molar-refractivity contribution in [1.82, 2.24) is 0 Å². The van der Waals surface area contributed by atoms with Gasteiger partial charge in [0.15, 0.2) is 0 Å². The lowest BCUT2D eigenvalue weighted by molar-refractivity contribution is -0.633. The fraction of sp³-hybridized carbons (Fsp3) is 0.250. The summed E-state index contributed by atoms with van der Waals surface area (Å²) in [6, 6.07) is 15.6. The first kappa shape index (κ1) is 13.8. The van der Waals surface area contributed by atoms with Crippen LogP contribution in [0.4, 0.5) is 0 Å². The number of hydrogen-bond donors (Lipinski definition) is 0. The van der Waals surface area contributed by atoms with E-state index in [-0.39, 0.29) is 0 Å². The smallest absolute Gasteiger partial charge is 0.194 e. The van der Waals surface area contributed by atoms with Gasteiger partial charge in [0.25, 0.3) is 0 Å². The molecule has 0 aliphatic rings. The van der Waals surface area contributed by atoms with E-state index in [1.807, 2.05) is 0 Å². The SMILES string of the molecule is Cc1cc(C)cc(-c2cc(C)c3c(C)cccc3[n+]2C)c1. The van der Waals surface area contributed by atoms with Gasteiger partial charge in [0.1, 0.15) is 7.05 Å². The molecular formula is C20H22N+. The zero-order chi connectivity index (χ0) is 15.1. The molecule has 0 saturated heterocycles. The molecule has 0 aliphatic carbocycles. The average Bonchev–Trinajstić information content (AvgIpc) is 2.41. The molecule has 0 fully saturated rings. The van der Waals surface area contributed by atoms with E-state index in [0.29, 0.717) is 0 Å². The predicted octanol–water partition coefficient (Wildman–Crippen LogP) is 4.56. The highest BCUT2D eigenvalue weighted by molar-refractivity contribution is 5.84. The predicted molar refractivity (Wildman–Crippen MR) is 89.5 cm³/mol. The normalized spacial score (nSPS) is 11.1. The van der Waals surface area contributed by atoms with E-state index in [4.69, 9.17) is 0 Å². The molecule has 3 rings (SSSR count). The van der Waals surface area contributed by atoms with Crippen molar-refractivity contribution >= 4 is 10.9 Å². The molecule has 106 valence electrons. The first-order valence-corrected chi connectivity index (χ1v) is 7.45. The molecule has 0 amide bonds. The summed E-state index contributed by atoms with van der Waals surface area (Å²) in [6.45, 7) is 8.72. The van der Waals surface area contributed by atoms with Crippen LogP contribution in [-0.2, 0) is 7.05 Å². The van der Waals surface area contributed by atoms with Crippen LogP contribution in [0.25, 0.3) is 22.2 Å². The summed E-state index contributed by atoms with van der Waals surface area (Å²) in [7, 11) is 2.16. The van der Waals surface area contributed by atoms with Gasteiger partial charge in [-0.25, -0.2) is 0 Å². The lowest BCUT2D eigenvalue weighted by Crippen LogP contribution is -2.32. The van der Waals surface area contributed by atoms with Gasteiger partial charge < -0.3 is 0 Å². The summed E-state index contributed by atoms with van der Waals surface area (Å²) in [4.78, 5) is 0. The molecule has 0 saturated carbocycles. The summed E-state index contributed by atoms with van der Waals surface area (Å²) < 4.78 is 2.31. The molecule has 0 spiro atoms. The molecule has 1 nitrogen and oxygen atoms in total. The van der Waals surface area contributed by atoms with Crippen molar-refractivity contribution in [3.63, 3.8) is 0 Å². The number of aromatic nitrogens is 1. The largest absolute Gasteiger partial charge is 0.213 e. The maximum Gasteiger partial charge on any atom is 0.213 e. The fourth-order valence-electron chi connectivity index (χ4n) is 3.35. The Balaban J connectivity index is 2.37. The van der Waals surface area contributed by atoms with Crippen molar-refractivity contribution in [2.75, 3.05) is 0 Å². The highest BCUT2D eigenvalue weighted by Crippen LogP contribution is 2.26. The number of rotatable bonds is 1. The van der Waals surface area contributed by atoms with Gasteiger partial charge in [-0.3, -0.25) is 0 Å². The standard InChI is InChI=1S/C20H22N/c1-13-9-14(2)11-17(10-13)19-12-16(4)20-15(3)7-6-8-18(20)21(19)5/h6-12H,1-5H3/q+1. The van der Waals surface area contributed by atoms with Gasteiger partial charge in [0.05, 0.1) is 5.39 Å². The van der Waals surface area contributed by atoms with E-state index >= 15 is 0 Å². The molecule has 1 aromatic heterocycles. The zero-order valence-electron chi connectivity index (χ0n) is 13.5. The van der Waals surface area contributed by atoms with Crippen molar-refractivity contribution in [2.24, 2.45) is 7.05 Å². The first-order chi connectivity index (χ1) is 9.97. The summed E-state index contributed by atoms with van der Waals surface area (Å²) >= 11 is 0. The Kier molecular flexibility index (Phi) is 3.29. The van der Waals surface area contributed by atoms with Gasteiger partial charge in [0, 0.05) is 17.7 Å². The van der Waals surface area contributed by atoms with Crippen LogP contribution in [0.5, 0.6) is 0 Å². The molecule has 21 heavy (non-hydrogen) atoms.